The Kier molecular flexibility index (Phi) is 6.37. The minimum absolute atomic E-state index is 0.0493. The van der Waals surface area contributed by atoms with E-state index in [2.05, 4.69) is 40.4 Å². The van der Waals surface area contributed by atoms with Crippen LogP contribution in [0.5, 0.6) is 0 Å². The maximum atomic E-state index is 13.4. The Morgan fingerprint density at radius 3 is 2.67 bits per heavy atom. The summed E-state index contributed by atoms with van der Waals surface area (Å²) in [6, 6.07) is 0. The highest BCUT2D eigenvalue weighted by Gasteiger charge is 2.67. The smallest absolute Gasteiger partial charge is 0.356 e. The van der Waals surface area contributed by atoms with Crippen LogP contribution in [0.3, 0.4) is 0 Å². The number of hydrogen-bond donors (Lipinski definition) is 0. The Hall–Kier alpha value is -1.09. The molecule has 0 aromatic carbocycles. The molecule has 2 fully saturated rings. The van der Waals surface area contributed by atoms with Crippen molar-refractivity contribution in [3.8, 4) is 0 Å². The molecule has 3 rings (SSSR count). The van der Waals surface area contributed by atoms with Crippen LogP contribution in [0.2, 0.25) is 18.1 Å². The number of carbonyl (C=O) groups is 2. The van der Waals surface area contributed by atoms with Crippen LogP contribution in [0.25, 0.3) is 0 Å². The Balaban J connectivity index is 1.87. The summed E-state index contributed by atoms with van der Waals surface area (Å²) in [4.78, 5) is 28.7. The summed E-state index contributed by atoms with van der Waals surface area (Å²) in [5.41, 5.74) is -0.356. The molecule has 4 atom stereocenters. The summed E-state index contributed by atoms with van der Waals surface area (Å²) in [7, 11) is -2.05. The van der Waals surface area contributed by atoms with E-state index in [1.165, 1.54) is 6.08 Å². The van der Waals surface area contributed by atoms with Crippen molar-refractivity contribution in [1.29, 1.82) is 0 Å². The number of ether oxygens (including phenoxy) is 2. The van der Waals surface area contributed by atoms with Crippen molar-refractivity contribution in [2.24, 2.45) is 5.41 Å². The van der Waals surface area contributed by atoms with Gasteiger partial charge < -0.3 is 13.9 Å². The molecule has 3 aliphatic heterocycles. The lowest BCUT2D eigenvalue weighted by molar-refractivity contribution is -0.170. The van der Waals surface area contributed by atoms with Crippen LogP contribution in [0.4, 0.5) is 0 Å². The highest BCUT2D eigenvalue weighted by molar-refractivity contribution is 8.04. The monoisotopic (exact) mass is 453 g/mol. The lowest BCUT2D eigenvalue weighted by Crippen LogP contribution is -2.69. The molecule has 0 aliphatic carbocycles. The molecule has 0 saturated carbocycles. The molecule has 0 N–H and O–H groups in total. The summed E-state index contributed by atoms with van der Waals surface area (Å²) in [5, 5.41) is -0.136. The Bertz CT molecular complexity index is 768. The second-order valence-electron chi connectivity index (χ2n) is 10.1. The number of β-lactam (4-membered cyclic amide) rings is 1. The molecule has 0 spiro atoms. The summed E-state index contributed by atoms with van der Waals surface area (Å²) in [6.45, 7) is 19.3. The third kappa shape index (κ3) is 3.70. The van der Waals surface area contributed by atoms with Gasteiger partial charge >= 0.3 is 5.97 Å². The van der Waals surface area contributed by atoms with Crippen molar-refractivity contribution < 1.29 is 23.5 Å². The molecule has 0 aromatic heterocycles. The van der Waals surface area contributed by atoms with Crippen molar-refractivity contribution in [3.63, 3.8) is 0 Å². The molecule has 6 nitrogen and oxygen atoms in total. The third-order valence-corrected chi connectivity index (χ3v) is 13.2. The van der Waals surface area contributed by atoms with E-state index in [9.17, 15) is 9.59 Å². The van der Waals surface area contributed by atoms with Crippen LogP contribution < -0.4 is 0 Å². The third-order valence-electron chi connectivity index (χ3n) is 7.01. The number of nitrogens with zero attached hydrogens (tertiary/aromatic N) is 1. The Morgan fingerprint density at radius 1 is 1.47 bits per heavy atom. The van der Waals surface area contributed by atoms with Crippen molar-refractivity contribution in [1.82, 2.24) is 4.90 Å². The average molecular weight is 454 g/mol. The topological polar surface area (TPSA) is 65.1 Å². The van der Waals surface area contributed by atoms with E-state index in [0.29, 0.717) is 12.3 Å². The van der Waals surface area contributed by atoms with Gasteiger partial charge in [-0.15, -0.1) is 0 Å². The lowest BCUT2D eigenvalue weighted by Gasteiger charge is -2.55. The molecule has 3 heterocycles. The van der Waals surface area contributed by atoms with E-state index < -0.39 is 19.7 Å². The van der Waals surface area contributed by atoms with Gasteiger partial charge in [-0.1, -0.05) is 45.2 Å². The minimum Gasteiger partial charge on any atom is -0.457 e. The fourth-order valence-corrected chi connectivity index (χ4v) is 7.09. The molecule has 0 radical (unpaired) electrons. The zero-order valence-electron chi connectivity index (χ0n) is 19.2. The van der Waals surface area contributed by atoms with Crippen molar-refractivity contribution in [2.75, 3.05) is 13.2 Å². The van der Waals surface area contributed by atoms with Crippen molar-refractivity contribution in [3.05, 3.63) is 23.3 Å². The zero-order valence-corrected chi connectivity index (χ0v) is 21.1. The van der Waals surface area contributed by atoms with Crippen LogP contribution in [-0.2, 0) is 23.5 Å². The highest BCUT2D eigenvalue weighted by atomic mass is 32.2. The van der Waals surface area contributed by atoms with Crippen molar-refractivity contribution in [2.45, 2.75) is 83.2 Å². The Labute approximate surface area is 185 Å². The molecule has 168 valence electrons. The number of amides is 1. The van der Waals surface area contributed by atoms with Crippen LogP contribution >= 0.6 is 11.8 Å². The number of esters is 1. The van der Waals surface area contributed by atoms with E-state index in [0.717, 1.165) is 17.7 Å². The van der Waals surface area contributed by atoms with E-state index in [1.807, 2.05) is 13.8 Å². The average Bonchev–Trinajstić information content (AvgIpc) is 3.30. The minimum atomic E-state index is -2.05. The van der Waals surface area contributed by atoms with E-state index in [-0.39, 0.29) is 35.1 Å². The van der Waals surface area contributed by atoms with Gasteiger partial charge in [0, 0.05) is 11.5 Å². The van der Waals surface area contributed by atoms with Gasteiger partial charge in [-0.25, -0.2) is 4.79 Å². The maximum Gasteiger partial charge on any atom is 0.356 e. The molecule has 3 aliphatic rings. The number of carbonyl (C=O) groups excluding carboxylic acids is 2. The van der Waals surface area contributed by atoms with Gasteiger partial charge in [0.15, 0.2) is 8.32 Å². The van der Waals surface area contributed by atoms with Gasteiger partial charge in [0.05, 0.1) is 12.2 Å². The van der Waals surface area contributed by atoms with E-state index in [1.54, 1.807) is 16.7 Å². The fraction of sp³-hybridized carbons (Fsp3) is 0.727. The summed E-state index contributed by atoms with van der Waals surface area (Å²) in [6.07, 6.45) is 2.92. The predicted octanol–water partition coefficient (Wildman–Crippen LogP) is 4.44. The van der Waals surface area contributed by atoms with Gasteiger partial charge in [-0.05, 0) is 44.8 Å². The number of thioether (sulfide) groups is 1. The van der Waals surface area contributed by atoms with Crippen LogP contribution in [-0.4, -0.2) is 55.9 Å². The molecule has 8 heteroatoms. The lowest BCUT2D eigenvalue weighted by atomic mass is 9.75. The second-order valence-corrected chi connectivity index (χ2v) is 15.9. The summed E-state index contributed by atoms with van der Waals surface area (Å²) in [5.74, 6) is -0.562. The number of fused-ring (bicyclic) bond motifs is 1. The fourth-order valence-electron chi connectivity index (χ4n) is 3.89. The normalized spacial score (nSPS) is 30.2. The van der Waals surface area contributed by atoms with Gasteiger partial charge in [-0.2, -0.15) is 0 Å². The van der Waals surface area contributed by atoms with E-state index >= 15 is 0 Å². The maximum absolute atomic E-state index is 13.4. The number of rotatable bonds is 7. The zero-order chi connectivity index (χ0) is 22.5. The van der Waals surface area contributed by atoms with Gasteiger partial charge in [0.1, 0.15) is 23.1 Å². The second kappa shape index (κ2) is 8.11. The first kappa shape index (κ1) is 23.6. The first-order valence-corrected chi connectivity index (χ1v) is 14.5. The van der Waals surface area contributed by atoms with Crippen LogP contribution in [0.1, 0.15) is 47.5 Å². The van der Waals surface area contributed by atoms with Crippen molar-refractivity contribution >= 4 is 32.0 Å². The number of hydrogen-bond acceptors (Lipinski definition) is 6. The van der Waals surface area contributed by atoms with E-state index in [4.69, 9.17) is 13.9 Å². The highest BCUT2D eigenvalue weighted by Crippen LogP contribution is 2.59. The largest absolute Gasteiger partial charge is 0.457 e. The summed E-state index contributed by atoms with van der Waals surface area (Å²) < 4.78 is 17.8. The van der Waals surface area contributed by atoms with Gasteiger partial charge in [0.25, 0.3) is 0 Å². The molecule has 30 heavy (non-hydrogen) atoms. The van der Waals surface area contributed by atoms with Gasteiger partial charge in [-0.3, -0.25) is 9.69 Å². The predicted molar refractivity (Wildman–Crippen MR) is 121 cm³/mol. The molecule has 0 aromatic rings. The first-order valence-electron chi connectivity index (χ1n) is 10.7. The van der Waals surface area contributed by atoms with Crippen LogP contribution in [0.15, 0.2) is 23.3 Å². The SMILES string of the molecule is C=CCOC(=O)C1=C([C@H]2CCCO2)S[C@H]2N1C(=O)[C@]2(C)[C@@H](C)O[Si](C)(C)C(C)(C)C. The first-order chi connectivity index (χ1) is 13.9. The molecule has 1 amide bonds. The van der Waals surface area contributed by atoms with Crippen LogP contribution in [0, 0.1) is 5.41 Å². The molecule has 0 bridgehead atoms. The standard InChI is InChI=1S/C22H35NO5SSi/c1-9-12-27-18(24)16-17(15-11-10-13-26-15)29-20-22(6,19(25)23(16)20)14(2)28-30(7,8)21(3,4)5/h9,14-15,20H,1,10-13H2,2-8H3/t14-,15-,20-,22+/m1/s1. The van der Waals surface area contributed by atoms with Gasteiger partial charge in [0.2, 0.25) is 5.91 Å². The molecular weight excluding hydrogens is 418 g/mol. The molecule has 0 unspecified atom stereocenters. The molecule has 2 saturated heterocycles. The molecular formula is C22H35NO5SSi. The quantitative estimate of drug-likeness (QED) is 0.246. The summed E-state index contributed by atoms with van der Waals surface area (Å²) >= 11 is 1.57. The Morgan fingerprint density at radius 2 is 2.13 bits per heavy atom.